The fourth-order valence-corrected chi connectivity index (χ4v) is 3.13. The summed E-state index contributed by atoms with van der Waals surface area (Å²) in [5, 5.41) is 4.26. The molecule has 1 fully saturated rings. The molecule has 0 saturated carbocycles. The van der Waals surface area contributed by atoms with Crippen LogP contribution in [0.1, 0.15) is 37.7 Å². The SMILES string of the molecule is COC(=O)C1CCC(CCCNCCCc2cccc(Cl)c2)O1. The van der Waals surface area contributed by atoms with Gasteiger partial charge in [0.15, 0.2) is 6.10 Å². The number of rotatable bonds is 9. The lowest BCUT2D eigenvalue weighted by atomic mass is 10.1. The molecule has 1 aromatic carbocycles. The van der Waals surface area contributed by atoms with Gasteiger partial charge < -0.3 is 14.8 Å². The molecule has 23 heavy (non-hydrogen) atoms. The Kier molecular flexibility index (Phi) is 7.86. The normalized spacial score (nSPS) is 20.6. The van der Waals surface area contributed by atoms with Gasteiger partial charge in [-0.3, -0.25) is 0 Å². The molecule has 1 aromatic rings. The van der Waals surface area contributed by atoms with E-state index < -0.39 is 0 Å². The maximum absolute atomic E-state index is 11.4. The third-order valence-corrected chi connectivity index (χ3v) is 4.39. The van der Waals surface area contributed by atoms with Crippen molar-refractivity contribution in [3.8, 4) is 0 Å². The van der Waals surface area contributed by atoms with Gasteiger partial charge in [0.25, 0.3) is 0 Å². The molecule has 0 aromatic heterocycles. The van der Waals surface area contributed by atoms with Gasteiger partial charge in [-0.15, -0.1) is 0 Å². The molecular weight excluding hydrogens is 314 g/mol. The van der Waals surface area contributed by atoms with Crippen LogP contribution in [-0.2, 0) is 20.7 Å². The Bertz CT molecular complexity index is 495. The molecule has 1 heterocycles. The van der Waals surface area contributed by atoms with Crippen molar-refractivity contribution in [2.75, 3.05) is 20.2 Å². The van der Waals surface area contributed by atoms with E-state index in [2.05, 4.69) is 11.4 Å². The molecule has 0 spiro atoms. The standard InChI is InChI=1S/C18H26ClNO3/c1-22-18(21)17-10-9-16(23-17)8-4-12-20-11-3-6-14-5-2-7-15(19)13-14/h2,5,7,13,16-17,20H,3-4,6,8-12H2,1H3. The van der Waals surface area contributed by atoms with Gasteiger partial charge in [-0.05, 0) is 69.3 Å². The molecule has 1 aliphatic heterocycles. The number of carbonyl (C=O) groups is 1. The monoisotopic (exact) mass is 339 g/mol. The van der Waals surface area contributed by atoms with Crippen LogP contribution >= 0.6 is 11.6 Å². The molecule has 0 amide bonds. The van der Waals surface area contributed by atoms with E-state index in [-0.39, 0.29) is 18.2 Å². The summed E-state index contributed by atoms with van der Waals surface area (Å²) in [5.41, 5.74) is 1.28. The molecule has 1 aliphatic rings. The Morgan fingerprint density at radius 2 is 2.17 bits per heavy atom. The molecule has 4 nitrogen and oxygen atoms in total. The molecule has 5 heteroatoms. The minimum atomic E-state index is -0.351. The number of esters is 1. The fraction of sp³-hybridized carbons (Fsp3) is 0.611. The average Bonchev–Trinajstić information content (AvgIpc) is 3.02. The number of halogens is 1. The van der Waals surface area contributed by atoms with Crippen LogP contribution in [0.3, 0.4) is 0 Å². The molecule has 2 atom stereocenters. The van der Waals surface area contributed by atoms with E-state index in [0.29, 0.717) is 0 Å². The van der Waals surface area contributed by atoms with Crippen LogP contribution < -0.4 is 5.32 Å². The number of ether oxygens (including phenoxy) is 2. The van der Waals surface area contributed by atoms with Gasteiger partial charge in [0, 0.05) is 5.02 Å². The number of carbonyl (C=O) groups excluding carboxylic acids is 1. The summed E-state index contributed by atoms with van der Waals surface area (Å²) in [5.74, 6) is -0.244. The predicted molar refractivity (Wildman–Crippen MR) is 91.8 cm³/mol. The molecule has 128 valence electrons. The quantitative estimate of drug-likeness (QED) is 0.553. The van der Waals surface area contributed by atoms with E-state index in [1.807, 2.05) is 18.2 Å². The lowest BCUT2D eigenvalue weighted by Gasteiger charge is -2.12. The van der Waals surface area contributed by atoms with Crippen LogP contribution in [0.2, 0.25) is 5.02 Å². The Morgan fingerprint density at radius 1 is 1.35 bits per heavy atom. The third kappa shape index (κ3) is 6.50. The van der Waals surface area contributed by atoms with Gasteiger partial charge in [-0.2, -0.15) is 0 Å². The van der Waals surface area contributed by atoms with Crippen molar-refractivity contribution in [1.29, 1.82) is 0 Å². The van der Waals surface area contributed by atoms with Crippen molar-refractivity contribution < 1.29 is 14.3 Å². The molecular formula is C18H26ClNO3. The number of methoxy groups -OCH3 is 1. The Hall–Kier alpha value is -1.10. The second kappa shape index (κ2) is 9.91. The van der Waals surface area contributed by atoms with E-state index >= 15 is 0 Å². The first-order valence-corrected chi connectivity index (χ1v) is 8.75. The first-order chi connectivity index (χ1) is 11.2. The van der Waals surface area contributed by atoms with Gasteiger partial charge in [0.2, 0.25) is 0 Å². The van der Waals surface area contributed by atoms with Crippen molar-refractivity contribution >= 4 is 17.6 Å². The van der Waals surface area contributed by atoms with Crippen LogP contribution in [0.25, 0.3) is 0 Å². The first kappa shape index (κ1) is 18.2. The Labute approximate surface area is 143 Å². The van der Waals surface area contributed by atoms with E-state index in [1.165, 1.54) is 12.7 Å². The summed E-state index contributed by atoms with van der Waals surface area (Å²) in [7, 11) is 1.41. The number of nitrogens with one attached hydrogen (secondary N) is 1. The largest absolute Gasteiger partial charge is 0.467 e. The lowest BCUT2D eigenvalue weighted by Crippen LogP contribution is -2.23. The highest BCUT2D eigenvalue weighted by atomic mass is 35.5. The van der Waals surface area contributed by atoms with Gasteiger partial charge in [-0.25, -0.2) is 4.79 Å². The van der Waals surface area contributed by atoms with E-state index in [0.717, 1.165) is 56.6 Å². The number of hydrogen-bond donors (Lipinski definition) is 1. The maximum atomic E-state index is 11.4. The molecule has 1 saturated heterocycles. The van der Waals surface area contributed by atoms with Crippen LogP contribution in [0.15, 0.2) is 24.3 Å². The summed E-state index contributed by atoms with van der Waals surface area (Å²) >= 11 is 5.97. The van der Waals surface area contributed by atoms with Crippen LogP contribution in [-0.4, -0.2) is 38.4 Å². The summed E-state index contributed by atoms with van der Waals surface area (Å²) in [4.78, 5) is 11.4. The zero-order valence-corrected chi connectivity index (χ0v) is 14.5. The van der Waals surface area contributed by atoms with Crippen LogP contribution in [0.5, 0.6) is 0 Å². The van der Waals surface area contributed by atoms with E-state index in [1.54, 1.807) is 0 Å². The lowest BCUT2D eigenvalue weighted by molar-refractivity contribution is -0.153. The summed E-state index contributed by atoms with van der Waals surface area (Å²) in [6, 6.07) is 8.03. The van der Waals surface area contributed by atoms with Crippen molar-refractivity contribution in [2.24, 2.45) is 0 Å². The topological polar surface area (TPSA) is 47.6 Å². The average molecular weight is 340 g/mol. The molecule has 1 N–H and O–H groups in total. The molecule has 0 radical (unpaired) electrons. The van der Waals surface area contributed by atoms with E-state index in [4.69, 9.17) is 21.1 Å². The van der Waals surface area contributed by atoms with Gasteiger partial charge in [0.05, 0.1) is 13.2 Å². The number of aryl methyl sites for hydroxylation is 1. The van der Waals surface area contributed by atoms with Crippen LogP contribution in [0.4, 0.5) is 0 Å². The highest BCUT2D eigenvalue weighted by Crippen LogP contribution is 2.23. The number of hydrogen-bond acceptors (Lipinski definition) is 4. The molecule has 0 bridgehead atoms. The van der Waals surface area contributed by atoms with Gasteiger partial charge in [0.1, 0.15) is 0 Å². The highest BCUT2D eigenvalue weighted by Gasteiger charge is 2.30. The smallest absolute Gasteiger partial charge is 0.334 e. The van der Waals surface area contributed by atoms with Gasteiger partial charge >= 0.3 is 5.97 Å². The highest BCUT2D eigenvalue weighted by molar-refractivity contribution is 6.30. The zero-order valence-electron chi connectivity index (χ0n) is 13.7. The fourth-order valence-electron chi connectivity index (χ4n) is 2.91. The van der Waals surface area contributed by atoms with Crippen molar-refractivity contribution in [2.45, 2.75) is 50.7 Å². The molecule has 2 rings (SSSR count). The molecule has 2 unspecified atom stereocenters. The zero-order chi connectivity index (χ0) is 16.5. The summed E-state index contributed by atoms with van der Waals surface area (Å²) < 4.78 is 10.4. The maximum Gasteiger partial charge on any atom is 0.334 e. The second-order valence-corrected chi connectivity index (χ2v) is 6.41. The minimum Gasteiger partial charge on any atom is -0.467 e. The number of benzene rings is 1. The van der Waals surface area contributed by atoms with Crippen LogP contribution in [0, 0.1) is 0 Å². The van der Waals surface area contributed by atoms with Crippen molar-refractivity contribution in [1.82, 2.24) is 5.32 Å². The minimum absolute atomic E-state index is 0.201. The Morgan fingerprint density at radius 3 is 2.96 bits per heavy atom. The Balaban J connectivity index is 1.48. The third-order valence-electron chi connectivity index (χ3n) is 4.16. The molecule has 0 aliphatic carbocycles. The van der Waals surface area contributed by atoms with Gasteiger partial charge in [-0.1, -0.05) is 23.7 Å². The second-order valence-electron chi connectivity index (χ2n) is 5.97. The predicted octanol–water partition coefficient (Wildman–Crippen LogP) is 3.36. The summed E-state index contributed by atoms with van der Waals surface area (Å²) in [6.07, 6.45) is 5.79. The van der Waals surface area contributed by atoms with E-state index in [9.17, 15) is 4.79 Å². The van der Waals surface area contributed by atoms with Crippen molar-refractivity contribution in [3.63, 3.8) is 0 Å². The first-order valence-electron chi connectivity index (χ1n) is 8.37. The summed E-state index contributed by atoms with van der Waals surface area (Å²) in [6.45, 7) is 1.99. The van der Waals surface area contributed by atoms with Crippen molar-refractivity contribution in [3.05, 3.63) is 34.9 Å².